The maximum Gasteiger partial charge on any atom is 0.416 e. The van der Waals surface area contributed by atoms with Crippen molar-refractivity contribution in [1.82, 2.24) is 9.80 Å². The summed E-state index contributed by atoms with van der Waals surface area (Å²) in [7, 11) is 0. The Morgan fingerprint density at radius 3 is 2.35 bits per heavy atom. The number of aliphatic hydroxyl groups is 1. The van der Waals surface area contributed by atoms with Crippen LogP contribution in [0.1, 0.15) is 84.0 Å². The first-order chi connectivity index (χ1) is 20.3. The summed E-state index contributed by atoms with van der Waals surface area (Å²) in [5.74, 6) is -2.12. The highest BCUT2D eigenvalue weighted by Crippen LogP contribution is 2.49. The number of carboxylic acid groups (broad SMARTS) is 1. The van der Waals surface area contributed by atoms with Crippen molar-refractivity contribution in [2.24, 2.45) is 5.92 Å². The van der Waals surface area contributed by atoms with Crippen LogP contribution in [-0.2, 0) is 27.9 Å². The van der Waals surface area contributed by atoms with Gasteiger partial charge in [-0.05, 0) is 111 Å². The number of aromatic carboxylic acids is 1. The van der Waals surface area contributed by atoms with Gasteiger partial charge in [-0.25, -0.2) is 9.18 Å². The molecular weight excluding hydrogens is 568 g/mol. The number of fused-ring (bicyclic) bond motifs is 1. The molecule has 0 spiro atoms. The van der Waals surface area contributed by atoms with E-state index in [0.29, 0.717) is 24.2 Å². The fourth-order valence-corrected chi connectivity index (χ4v) is 7.40. The number of halogens is 4. The first kappa shape index (κ1) is 30.0. The molecule has 3 atom stereocenters. The average molecular weight is 605 g/mol. The summed E-state index contributed by atoms with van der Waals surface area (Å²) in [6.45, 7) is 3.36. The molecule has 3 fully saturated rings. The quantitative estimate of drug-likeness (QED) is 0.451. The Morgan fingerprint density at radius 1 is 1.02 bits per heavy atom. The Labute approximate surface area is 247 Å². The predicted molar refractivity (Wildman–Crippen MR) is 148 cm³/mol. The molecule has 2 aromatic carbocycles. The van der Waals surface area contributed by atoms with Crippen molar-refractivity contribution in [2.75, 3.05) is 26.2 Å². The molecule has 0 radical (unpaired) electrons. The molecule has 7 nitrogen and oxygen atoms in total. The number of carboxylic acids is 1. The number of hydrogen-bond donors (Lipinski definition) is 2. The molecule has 1 aliphatic carbocycles. The lowest BCUT2D eigenvalue weighted by molar-refractivity contribution is -0.180. The van der Waals surface area contributed by atoms with Crippen molar-refractivity contribution in [3.8, 4) is 0 Å². The Hall–Kier alpha value is -3.02. The number of rotatable bonds is 5. The molecule has 0 aromatic heterocycles. The number of alkyl halides is 3. The number of carbonyl (C=O) groups excluding carboxylic acids is 1. The highest BCUT2D eigenvalue weighted by molar-refractivity contribution is 5.88. The van der Waals surface area contributed by atoms with Gasteiger partial charge in [0.15, 0.2) is 0 Å². The van der Waals surface area contributed by atoms with Gasteiger partial charge >= 0.3 is 12.1 Å². The largest absolute Gasteiger partial charge is 0.478 e. The summed E-state index contributed by atoms with van der Waals surface area (Å²) in [6.07, 6.45) is -0.0422. The summed E-state index contributed by atoms with van der Waals surface area (Å²) in [5, 5.41) is 20.5. The second-order valence-corrected chi connectivity index (χ2v) is 12.8. The van der Waals surface area contributed by atoms with Crippen molar-refractivity contribution in [2.45, 2.75) is 81.3 Å². The van der Waals surface area contributed by atoms with Gasteiger partial charge in [0.1, 0.15) is 17.0 Å². The summed E-state index contributed by atoms with van der Waals surface area (Å²) in [5.41, 5.74) is -2.16. The van der Waals surface area contributed by atoms with Crippen LogP contribution in [0.25, 0.3) is 0 Å². The van der Waals surface area contributed by atoms with Gasteiger partial charge in [-0.3, -0.25) is 9.69 Å². The zero-order chi connectivity index (χ0) is 30.7. The van der Waals surface area contributed by atoms with E-state index in [9.17, 15) is 37.4 Å². The number of amides is 1. The third kappa shape index (κ3) is 5.67. The van der Waals surface area contributed by atoms with E-state index in [-0.39, 0.29) is 42.4 Å². The van der Waals surface area contributed by atoms with E-state index in [4.69, 9.17) is 4.74 Å². The monoisotopic (exact) mass is 604 g/mol. The normalized spacial score (nSPS) is 28.9. The van der Waals surface area contributed by atoms with Crippen molar-refractivity contribution in [3.05, 3.63) is 70.0 Å². The number of benzene rings is 2. The smallest absolute Gasteiger partial charge is 0.416 e. The molecule has 1 saturated carbocycles. The second kappa shape index (κ2) is 10.9. The van der Waals surface area contributed by atoms with E-state index in [0.717, 1.165) is 62.9 Å². The number of nitrogens with zero attached hydrogens (tertiary/aromatic N) is 2. The molecule has 0 bridgehead atoms. The minimum absolute atomic E-state index is 0.0179. The van der Waals surface area contributed by atoms with Gasteiger partial charge in [0, 0.05) is 12.6 Å². The topological polar surface area (TPSA) is 90.3 Å². The zero-order valence-electron chi connectivity index (χ0n) is 24.0. The maximum absolute atomic E-state index is 14.1. The summed E-state index contributed by atoms with van der Waals surface area (Å²) in [6, 6.07) is 7.70. The molecule has 232 valence electrons. The minimum Gasteiger partial charge on any atom is -0.478 e. The van der Waals surface area contributed by atoms with Gasteiger partial charge in [0.2, 0.25) is 0 Å². The van der Waals surface area contributed by atoms with Gasteiger partial charge in [-0.1, -0.05) is 12.1 Å². The number of β-amino-alcohol motifs (C(OH)–C–C–N with tert-alkyl or cyclic N) is 1. The van der Waals surface area contributed by atoms with E-state index in [1.165, 1.54) is 30.0 Å². The summed E-state index contributed by atoms with van der Waals surface area (Å²) >= 11 is 0. The van der Waals surface area contributed by atoms with Crippen molar-refractivity contribution >= 4 is 11.9 Å². The number of ether oxygens (including phenoxy) is 1. The van der Waals surface area contributed by atoms with E-state index < -0.39 is 34.7 Å². The lowest BCUT2D eigenvalue weighted by atomic mass is 9.81. The molecule has 43 heavy (non-hydrogen) atoms. The maximum atomic E-state index is 14.1. The fourth-order valence-electron chi connectivity index (χ4n) is 7.40. The van der Waals surface area contributed by atoms with Gasteiger partial charge in [-0.2, -0.15) is 13.2 Å². The molecule has 0 unspecified atom stereocenters. The van der Waals surface area contributed by atoms with Crippen LogP contribution in [0, 0.1) is 11.7 Å². The molecule has 3 heterocycles. The number of likely N-dealkylation sites (tertiary alicyclic amines) is 1. The molecule has 4 aliphatic rings. The molecule has 2 aromatic rings. The molecular formula is C32H36F4N2O5. The van der Waals surface area contributed by atoms with Crippen LogP contribution >= 0.6 is 0 Å². The zero-order valence-corrected chi connectivity index (χ0v) is 24.0. The molecule has 1 amide bonds. The van der Waals surface area contributed by atoms with Gasteiger partial charge in [-0.15, -0.1) is 0 Å². The van der Waals surface area contributed by atoms with Gasteiger partial charge < -0.3 is 19.8 Å². The Morgan fingerprint density at radius 2 is 1.74 bits per heavy atom. The second-order valence-electron chi connectivity index (χ2n) is 12.8. The van der Waals surface area contributed by atoms with Crippen molar-refractivity contribution in [1.29, 1.82) is 0 Å². The molecule has 6 rings (SSSR count). The fraction of sp³-hybridized carbons (Fsp3) is 0.562. The SMILES string of the molecule is C[C@]1(O)CN(C(=O)[C@@]2(C3CC3)CC[C@@H](N3CCC(c4ccc(F)c(C(=O)O)c4)CC3)CO2)Cc2cc(C(F)(F)F)ccc21. The highest BCUT2D eigenvalue weighted by Gasteiger charge is 2.56. The Balaban J connectivity index is 1.12. The predicted octanol–water partition coefficient (Wildman–Crippen LogP) is 5.30. The first-order valence-corrected chi connectivity index (χ1v) is 14.9. The van der Waals surface area contributed by atoms with Gasteiger partial charge in [0.05, 0.1) is 24.3 Å². The van der Waals surface area contributed by atoms with Crippen LogP contribution in [0.4, 0.5) is 17.6 Å². The number of piperidine rings is 1. The van der Waals surface area contributed by atoms with E-state index in [2.05, 4.69) is 4.90 Å². The standard InChI is InChI=1S/C32H36F4N2O5/c1-30(42)18-38(16-21-14-23(32(34,35)36)5-6-26(21)30)29(41)31(22-3-4-22)11-8-24(17-43-31)37-12-9-19(10-13-37)20-2-7-27(33)25(15-20)28(39)40/h2,5-7,14-15,19,22,24,42H,3-4,8-13,16-18H2,1H3,(H,39,40)/t24-,30+,31+/m1/s1. The Bertz CT molecular complexity index is 1410. The molecule has 2 saturated heterocycles. The minimum atomic E-state index is -4.53. The molecule has 2 N–H and O–H groups in total. The van der Waals surface area contributed by atoms with Gasteiger partial charge in [0.25, 0.3) is 5.91 Å². The van der Waals surface area contributed by atoms with Crippen molar-refractivity contribution in [3.63, 3.8) is 0 Å². The van der Waals surface area contributed by atoms with E-state index >= 15 is 0 Å². The van der Waals surface area contributed by atoms with Crippen LogP contribution in [0.2, 0.25) is 0 Å². The Kier molecular flexibility index (Phi) is 7.58. The van der Waals surface area contributed by atoms with Crippen LogP contribution < -0.4 is 0 Å². The molecule has 3 aliphatic heterocycles. The van der Waals surface area contributed by atoms with Crippen molar-refractivity contribution < 1.29 is 42.1 Å². The lowest BCUT2D eigenvalue weighted by Gasteiger charge is -2.48. The van der Waals surface area contributed by atoms with E-state index in [1.54, 1.807) is 6.07 Å². The van der Waals surface area contributed by atoms with Crippen LogP contribution in [0.3, 0.4) is 0 Å². The van der Waals surface area contributed by atoms with Crippen LogP contribution in [-0.4, -0.2) is 69.8 Å². The molecule has 11 heteroatoms. The number of hydrogen-bond acceptors (Lipinski definition) is 5. The van der Waals surface area contributed by atoms with E-state index in [1.807, 2.05) is 0 Å². The first-order valence-electron chi connectivity index (χ1n) is 14.9. The number of carbonyl (C=O) groups is 2. The lowest BCUT2D eigenvalue weighted by Crippen LogP contribution is -2.60. The average Bonchev–Trinajstić information content (AvgIpc) is 3.82. The van der Waals surface area contributed by atoms with Crippen LogP contribution in [0.5, 0.6) is 0 Å². The summed E-state index contributed by atoms with van der Waals surface area (Å²) < 4.78 is 60.6. The highest BCUT2D eigenvalue weighted by atomic mass is 19.4. The summed E-state index contributed by atoms with van der Waals surface area (Å²) in [4.78, 5) is 29.3. The third-order valence-electron chi connectivity index (χ3n) is 9.88. The third-order valence-corrected chi connectivity index (χ3v) is 9.88. The van der Waals surface area contributed by atoms with Crippen LogP contribution in [0.15, 0.2) is 36.4 Å².